The van der Waals surface area contributed by atoms with Gasteiger partial charge in [-0.05, 0) is 54.2 Å². The summed E-state index contributed by atoms with van der Waals surface area (Å²) in [5, 5.41) is 2.83. The number of hydrogen-bond acceptors (Lipinski definition) is 5. The van der Waals surface area contributed by atoms with E-state index in [1.54, 1.807) is 6.07 Å². The summed E-state index contributed by atoms with van der Waals surface area (Å²) in [5.74, 6) is -1.18. The number of carbonyl (C=O) groups excluding carboxylic acids is 1. The van der Waals surface area contributed by atoms with Crippen LogP contribution in [-0.2, 0) is 6.42 Å². The zero-order valence-electron chi connectivity index (χ0n) is 18.5. The standard InChI is InChI=1S/C24H21F4N3O4/c1-34-19-9-2-13(10-17(19)25)11-20-29-18(12-21(32)30-20)23(33)31-22(14-3-4-14)15-5-7-16(8-6-15)35-24(26,27)28/h2,5-10,12,14,22H,3-4,11H2,1H3,(H,31,33)(H,29,30,32). The Labute approximate surface area is 197 Å². The Hall–Kier alpha value is -3.89. The van der Waals surface area contributed by atoms with Crippen molar-refractivity contribution in [1.29, 1.82) is 0 Å². The van der Waals surface area contributed by atoms with Crippen LogP contribution in [0.5, 0.6) is 11.5 Å². The Kier molecular flexibility index (Phi) is 6.77. The van der Waals surface area contributed by atoms with E-state index in [9.17, 15) is 27.2 Å². The van der Waals surface area contributed by atoms with Gasteiger partial charge in [-0.1, -0.05) is 18.2 Å². The van der Waals surface area contributed by atoms with Gasteiger partial charge >= 0.3 is 6.36 Å². The third-order valence-electron chi connectivity index (χ3n) is 5.46. The number of carbonyl (C=O) groups is 1. The number of H-pyrrole nitrogens is 1. The van der Waals surface area contributed by atoms with Gasteiger partial charge in [-0.2, -0.15) is 0 Å². The molecule has 184 valence electrons. The minimum Gasteiger partial charge on any atom is -0.494 e. The number of benzene rings is 2. The van der Waals surface area contributed by atoms with Crippen LogP contribution < -0.4 is 20.3 Å². The molecule has 2 N–H and O–H groups in total. The lowest BCUT2D eigenvalue weighted by molar-refractivity contribution is -0.274. The van der Waals surface area contributed by atoms with Gasteiger partial charge in [0.05, 0.1) is 13.2 Å². The second-order valence-electron chi connectivity index (χ2n) is 8.13. The summed E-state index contributed by atoms with van der Waals surface area (Å²) in [4.78, 5) is 31.8. The number of ether oxygens (including phenoxy) is 2. The molecule has 1 fully saturated rings. The molecule has 1 aliphatic rings. The highest BCUT2D eigenvalue weighted by atomic mass is 19.4. The van der Waals surface area contributed by atoms with Crippen molar-refractivity contribution in [1.82, 2.24) is 15.3 Å². The Morgan fingerprint density at radius 1 is 1.17 bits per heavy atom. The summed E-state index contributed by atoms with van der Waals surface area (Å²) in [6.45, 7) is 0. The largest absolute Gasteiger partial charge is 0.573 e. The van der Waals surface area contributed by atoms with Gasteiger partial charge in [0, 0.05) is 12.5 Å². The first-order valence-corrected chi connectivity index (χ1v) is 10.7. The van der Waals surface area contributed by atoms with E-state index in [0.717, 1.165) is 18.9 Å². The van der Waals surface area contributed by atoms with Gasteiger partial charge in [-0.25, -0.2) is 9.37 Å². The summed E-state index contributed by atoms with van der Waals surface area (Å²) in [6, 6.07) is 10.2. The van der Waals surface area contributed by atoms with E-state index in [1.165, 1.54) is 43.5 Å². The van der Waals surface area contributed by atoms with Gasteiger partial charge in [0.15, 0.2) is 11.6 Å². The maximum absolute atomic E-state index is 14.0. The average Bonchev–Trinajstić information content (AvgIpc) is 3.62. The molecular formula is C24H21F4N3O4. The Balaban J connectivity index is 1.51. The van der Waals surface area contributed by atoms with Crippen LogP contribution in [0.1, 0.15) is 46.3 Å². The van der Waals surface area contributed by atoms with E-state index < -0.39 is 29.7 Å². The summed E-state index contributed by atoms with van der Waals surface area (Å²) < 4.78 is 60.0. The SMILES string of the molecule is COc1ccc(Cc2nc(C(=O)NC(c3ccc(OC(F)(F)F)cc3)C3CC3)cc(=O)[nH]2)cc1F. The summed E-state index contributed by atoms with van der Waals surface area (Å²) in [5.41, 5.74) is 0.446. The predicted octanol–water partition coefficient (Wildman–Crippen LogP) is 4.29. The second kappa shape index (κ2) is 9.77. The smallest absolute Gasteiger partial charge is 0.494 e. The normalized spacial score (nSPS) is 14.3. The number of amides is 1. The molecule has 11 heteroatoms. The van der Waals surface area contributed by atoms with Crippen LogP contribution in [0.15, 0.2) is 53.3 Å². The van der Waals surface area contributed by atoms with Gasteiger partial charge in [-0.15, -0.1) is 13.2 Å². The van der Waals surface area contributed by atoms with Crippen molar-refractivity contribution in [3.63, 3.8) is 0 Å². The van der Waals surface area contributed by atoms with E-state index in [2.05, 4.69) is 20.0 Å². The van der Waals surface area contributed by atoms with E-state index in [-0.39, 0.29) is 35.4 Å². The maximum Gasteiger partial charge on any atom is 0.573 e. The van der Waals surface area contributed by atoms with E-state index in [0.29, 0.717) is 11.1 Å². The molecule has 35 heavy (non-hydrogen) atoms. The number of rotatable bonds is 8. The van der Waals surface area contributed by atoms with Crippen LogP contribution in [0, 0.1) is 11.7 Å². The van der Waals surface area contributed by atoms with Gasteiger partial charge < -0.3 is 19.8 Å². The van der Waals surface area contributed by atoms with Crippen molar-refractivity contribution in [3.8, 4) is 11.5 Å². The lowest BCUT2D eigenvalue weighted by atomic mass is 10.0. The van der Waals surface area contributed by atoms with Gasteiger partial charge in [0.2, 0.25) is 0 Å². The fraction of sp³-hybridized carbons (Fsp3) is 0.292. The lowest BCUT2D eigenvalue weighted by Crippen LogP contribution is -2.32. The second-order valence-corrected chi connectivity index (χ2v) is 8.13. The molecule has 4 rings (SSSR count). The van der Waals surface area contributed by atoms with E-state index >= 15 is 0 Å². The quantitative estimate of drug-likeness (QED) is 0.459. The molecule has 7 nitrogen and oxygen atoms in total. The molecule has 1 heterocycles. The van der Waals surface area contributed by atoms with Crippen molar-refractivity contribution in [2.24, 2.45) is 5.92 Å². The van der Waals surface area contributed by atoms with Crippen molar-refractivity contribution in [3.05, 3.63) is 87.3 Å². The van der Waals surface area contributed by atoms with Crippen LogP contribution in [0.3, 0.4) is 0 Å². The van der Waals surface area contributed by atoms with Crippen LogP contribution >= 0.6 is 0 Å². The number of alkyl halides is 3. The Bertz CT molecular complexity index is 1270. The topological polar surface area (TPSA) is 93.3 Å². The Morgan fingerprint density at radius 3 is 2.49 bits per heavy atom. The molecule has 1 atom stereocenters. The van der Waals surface area contributed by atoms with Gasteiger partial charge in [0.25, 0.3) is 11.5 Å². The number of aromatic amines is 1. The summed E-state index contributed by atoms with van der Waals surface area (Å²) in [7, 11) is 1.35. The molecule has 0 bridgehead atoms. The molecule has 0 aliphatic heterocycles. The van der Waals surface area contributed by atoms with Crippen LogP contribution in [0.4, 0.5) is 17.6 Å². The molecule has 0 radical (unpaired) electrons. The third kappa shape index (κ3) is 6.37. The fourth-order valence-electron chi connectivity index (χ4n) is 3.72. The molecule has 1 aliphatic carbocycles. The molecule has 1 saturated carbocycles. The molecule has 1 unspecified atom stereocenters. The molecular weight excluding hydrogens is 470 g/mol. The lowest BCUT2D eigenvalue weighted by Gasteiger charge is -2.19. The third-order valence-corrected chi connectivity index (χ3v) is 5.46. The highest BCUT2D eigenvalue weighted by molar-refractivity contribution is 5.92. The first-order valence-electron chi connectivity index (χ1n) is 10.7. The first-order chi connectivity index (χ1) is 16.6. The monoisotopic (exact) mass is 491 g/mol. The minimum atomic E-state index is -4.80. The molecule has 1 aromatic heterocycles. The zero-order valence-corrected chi connectivity index (χ0v) is 18.5. The number of nitrogens with one attached hydrogen (secondary N) is 2. The van der Waals surface area contributed by atoms with Crippen LogP contribution in [0.2, 0.25) is 0 Å². The van der Waals surface area contributed by atoms with Gasteiger partial charge in [-0.3, -0.25) is 9.59 Å². The van der Waals surface area contributed by atoms with Crippen LogP contribution in [0.25, 0.3) is 0 Å². The number of nitrogens with zero attached hydrogens (tertiary/aromatic N) is 1. The average molecular weight is 491 g/mol. The summed E-state index contributed by atoms with van der Waals surface area (Å²) in [6.07, 6.45) is -3.05. The van der Waals surface area contributed by atoms with Crippen molar-refractivity contribution >= 4 is 5.91 Å². The van der Waals surface area contributed by atoms with E-state index in [4.69, 9.17) is 4.74 Å². The number of halogens is 4. The highest BCUT2D eigenvalue weighted by Gasteiger charge is 2.35. The van der Waals surface area contributed by atoms with Crippen molar-refractivity contribution in [2.45, 2.75) is 31.7 Å². The van der Waals surface area contributed by atoms with Crippen molar-refractivity contribution < 1.29 is 31.8 Å². The number of methoxy groups -OCH3 is 1. The molecule has 1 amide bonds. The number of hydrogen-bond donors (Lipinski definition) is 2. The summed E-state index contributed by atoms with van der Waals surface area (Å²) >= 11 is 0. The molecule has 0 saturated heterocycles. The Morgan fingerprint density at radius 2 is 1.89 bits per heavy atom. The van der Waals surface area contributed by atoms with Crippen LogP contribution in [-0.4, -0.2) is 29.3 Å². The van der Waals surface area contributed by atoms with Gasteiger partial charge in [0.1, 0.15) is 17.3 Å². The number of aromatic nitrogens is 2. The first kappa shape index (κ1) is 24.2. The minimum absolute atomic E-state index is 0.0734. The molecule has 0 spiro atoms. The molecule has 3 aromatic rings. The zero-order chi connectivity index (χ0) is 25.2. The maximum atomic E-state index is 14.0. The fourth-order valence-corrected chi connectivity index (χ4v) is 3.72. The molecule has 2 aromatic carbocycles. The predicted molar refractivity (Wildman–Crippen MR) is 117 cm³/mol. The highest BCUT2D eigenvalue weighted by Crippen LogP contribution is 2.41. The van der Waals surface area contributed by atoms with Crippen molar-refractivity contribution in [2.75, 3.05) is 7.11 Å². The van der Waals surface area contributed by atoms with E-state index in [1.807, 2.05) is 0 Å².